The highest BCUT2D eigenvalue weighted by atomic mass is 19.4. The van der Waals surface area contributed by atoms with E-state index in [1.807, 2.05) is 0 Å². The van der Waals surface area contributed by atoms with Crippen LogP contribution in [0.2, 0.25) is 0 Å². The highest BCUT2D eigenvalue weighted by molar-refractivity contribution is 5.93. The fourth-order valence-electron chi connectivity index (χ4n) is 3.58. The van der Waals surface area contributed by atoms with Crippen LogP contribution in [0.1, 0.15) is 28.2 Å². The van der Waals surface area contributed by atoms with Crippen molar-refractivity contribution in [3.63, 3.8) is 0 Å². The van der Waals surface area contributed by atoms with Crippen LogP contribution in [-0.2, 0) is 12.4 Å². The molecule has 0 radical (unpaired) electrons. The zero-order chi connectivity index (χ0) is 29.9. The summed E-state index contributed by atoms with van der Waals surface area (Å²) in [6.07, 6.45) is -12.0. The molecule has 0 spiro atoms. The Morgan fingerprint density at radius 1 is 0.667 bits per heavy atom. The van der Waals surface area contributed by atoms with Crippen molar-refractivity contribution in [3.05, 3.63) is 90.5 Å². The smallest absolute Gasteiger partial charge is 0.203 e. The SMILES string of the molecule is N#C/C(=C1C(N=O)=C\1C(C#N)c1c(F)c(F)c(C(F)(F)F)c(F)c1F)c1c(F)c(F)c(C(F)(F)F)c(F)c1F. The summed E-state index contributed by atoms with van der Waals surface area (Å²) in [7, 11) is 0. The van der Waals surface area contributed by atoms with Crippen molar-refractivity contribution >= 4 is 5.57 Å². The fourth-order valence-corrected chi connectivity index (χ4v) is 3.58. The molecule has 3 rings (SSSR count). The largest absolute Gasteiger partial charge is 0.422 e. The van der Waals surface area contributed by atoms with Crippen LogP contribution in [0.4, 0.5) is 61.5 Å². The van der Waals surface area contributed by atoms with E-state index in [-0.39, 0.29) is 0 Å². The molecule has 0 heterocycles. The van der Waals surface area contributed by atoms with Crippen LogP contribution in [0, 0.1) is 74.1 Å². The van der Waals surface area contributed by atoms with Gasteiger partial charge in [-0.1, -0.05) is 0 Å². The van der Waals surface area contributed by atoms with Crippen LogP contribution in [0.15, 0.2) is 22.0 Å². The Labute approximate surface area is 204 Å². The Morgan fingerprint density at radius 3 is 1.36 bits per heavy atom. The molecule has 0 saturated heterocycles. The molecule has 39 heavy (non-hydrogen) atoms. The molecule has 0 aliphatic heterocycles. The molecule has 0 saturated carbocycles. The number of allylic oxidation sites excluding steroid dienone is 3. The van der Waals surface area contributed by atoms with Gasteiger partial charge in [0.25, 0.3) is 0 Å². The van der Waals surface area contributed by atoms with E-state index in [2.05, 4.69) is 5.18 Å². The maximum atomic E-state index is 14.4. The van der Waals surface area contributed by atoms with Crippen molar-refractivity contribution in [1.82, 2.24) is 0 Å². The van der Waals surface area contributed by atoms with Gasteiger partial charge in [-0.15, -0.1) is 4.91 Å². The summed E-state index contributed by atoms with van der Waals surface area (Å²) in [5.41, 5.74) is -16.3. The lowest BCUT2D eigenvalue weighted by molar-refractivity contribution is -0.144. The van der Waals surface area contributed by atoms with Crippen LogP contribution in [0.5, 0.6) is 0 Å². The molecule has 1 atom stereocenters. The summed E-state index contributed by atoms with van der Waals surface area (Å²) < 4.78 is 191. The van der Waals surface area contributed by atoms with Gasteiger partial charge in [0.1, 0.15) is 28.8 Å². The third-order valence-corrected chi connectivity index (χ3v) is 5.24. The second-order valence-corrected chi connectivity index (χ2v) is 7.32. The maximum absolute atomic E-state index is 14.4. The van der Waals surface area contributed by atoms with E-state index in [4.69, 9.17) is 0 Å². The molecule has 4 nitrogen and oxygen atoms in total. The van der Waals surface area contributed by atoms with Gasteiger partial charge in [-0.3, -0.25) is 0 Å². The van der Waals surface area contributed by atoms with Crippen molar-refractivity contribution in [2.75, 3.05) is 0 Å². The lowest BCUT2D eigenvalue weighted by atomic mass is 9.92. The van der Waals surface area contributed by atoms with Gasteiger partial charge in [-0.2, -0.15) is 36.9 Å². The minimum absolute atomic E-state index is 0.831. The van der Waals surface area contributed by atoms with Gasteiger partial charge in [0.05, 0.1) is 22.8 Å². The lowest BCUT2D eigenvalue weighted by Crippen LogP contribution is -2.18. The second kappa shape index (κ2) is 9.37. The molecule has 2 aromatic rings. The average molecular weight is 577 g/mol. The first-order valence-corrected chi connectivity index (χ1v) is 9.37. The van der Waals surface area contributed by atoms with Gasteiger partial charge < -0.3 is 0 Å². The molecule has 0 N–H and O–H groups in total. The van der Waals surface area contributed by atoms with Gasteiger partial charge >= 0.3 is 12.4 Å². The maximum Gasteiger partial charge on any atom is 0.422 e. The predicted molar refractivity (Wildman–Crippen MR) is 96.3 cm³/mol. The monoisotopic (exact) mass is 577 g/mol. The number of nitriles is 2. The molecule has 18 heteroatoms. The van der Waals surface area contributed by atoms with E-state index in [1.54, 1.807) is 0 Å². The molecule has 204 valence electrons. The molecule has 1 aliphatic rings. The van der Waals surface area contributed by atoms with Crippen molar-refractivity contribution in [3.8, 4) is 12.1 Å². The number of hydrogen-bond acceptors (Lipinski definition) is 4. The molecule has 0 aromatic heterocycles. The quantitative estimate of drug-likeness (QED) is 0.164. The molecule has 2 aromatic carbocycles. The Hall–Kier alpha value is -4.48. The van der Waals surface area contributed by atoms with Gasteiger partial charge in [0.15, 0.2) is 46.5 Å². The number of hydrogen-bond donors (Lipinski definition) is 0. The number of benzene rings is 2. The van der Waals surface area contributed by atoms with Crippen LogP contribution in [0.3, 0.4) is 0 Å². The molecule has 1 aliphatic carbocycles. The van der Waals surface area contributed by atoms with Crippen molar-refractivity contribution in [2.45, 2.75) is 18.3 Å². The van der Waals surface area contributed by atoms with Crippen molar-refractivity contribution in [1.29, 1.82) is 10.5 Å². The fraction of sp³-hybridized carbons (Fsp3) is 0.143. The Morgan fingerprint density at radius 2 is 1.05 bits per heavy atom. The van der Waals surface area contributed by atoms with Gasteiger partial charge in [-0.05, 0) is 5.18 Å². The van der Waals surface area contributed by atoms with Crippen LogP contribution >= 0.6 is 0 Å². The number of nitrogens with zero attached hydrogens (tertiary/aromatic N) is 3. The zero-order valence-corrected chi connectivity index (χ0v) is 17.6. The number of halogens is 14. The predicted octanol–water partition coefficient (Wildman–Crippen LogP) is 7.46. The summed E-state index contributed by atoms with van der Waals surface area (Å²) in [6.45, 7) is 0. The third-order valence-electron chi connectivity index (χ3n) is 5.24. The molecule has 0 bridgehead atoms. The topological polar surface area (TPSA) is 77.0 Å². The molecule has 0 amide bonds. The third kappa shape index (κ3) is 4.35. The number of nitroso groups, excluding NO2 is 1. The van der Waals surface area contributed by atoms with E-state index in [9.17, 15) is 76.9 Å². The first-order chi connectivity index (χ1) is 17.9. The van der Waals surface area contributed by atoms with E-state index < -0.39 is 109 Å². The van der Waals surface area contributed by atoms with E-state index in [1.165, 1.54) is 0 Å². The summed E-state index contributed by atoms with van der Waals surface area (Å²) in [5, 5.41) is 20.7. The van der Waals surface area contributed by atoms with E-state index in [0.29, 0.717) is 0 Å². The summed E-state index contributed by atoms with van der Waals surface area (Å²) in [5.74, 6) is -26.5. The van der Waals surface area contributed by atoms with Crippen molar-refractivity contribution < 1.29 is 61.5 Å². The Balaban J connectivity index is 2.34. The first kappa shape index (κ1) is 29.1. The van der Waals surface area contributed by atoms with Gasteiger partial charge in [0, 0.05) is 11.1 Å². The second-order valence-electron chi connectivity index (χ2n) is 7.32. The minimum Gasteiger partial charge on any atom is -0.203 e. The van der Waals surface area contributed by atoms with Crippen LogP contribution < -0.4 is 0 Å². The van der Waals surface area contributed by atoms with Crippen LogP contribution in [0.25, 0.3) is 5.57 Å². The van der Waals surface area contributed by atoms with Crippen molar-refractivity contribution in [2.24, 2.45) is 5.18 Å². The summed E-state index contributed by atoms with van der Waals surface area (Å²) >= 11 is 0. The normalized spacial score (nSPS) is 15.6. The van der Waals surface area contributed by atoms with Gasteiger partial charge in [0.2, 0.25) is 0 Å². The molecule has 0 fully saturated rings. The zero-order valence-electron chi connectivity index (χ0n) is 17.6. The summed E-state index contributed by atoms with van der Waals surface area (Å²) in [6, 6.07) is 1.73. The van der Waals surface area contributed by atoms with Gasteiger partial charge in [-0.25, -0.2) is 35.1 Å². The number of alkyl halides is 6. The minimum atomic E-state index is -6.01. The molecular weight excluding hydrogens is 576 g/mol. The standard InChI is InChI=1S/C21HF14N3O/c22-11-7(12(23)16(27)9(15(11)26)20(30,31)32)3(1-36)5-6(19(5)38-39)4(2-37)8-13(24)17(28)10(21(33,34)35)18(29)14(8)25/h3H/b6-4+. The highest BCUT2D eigenvalue weighted by Gasteiger charge is 2.49. The molecule has 1 unspecified atom stereocenters. The molecular formula is C21HF14N3O. The highest BCUT2D eigenvalue weighted by Crippen LogP contribution is 2.54. The lowest BCUT2D eigenvalue weighted by Gasteiger charge is -2.16. The van der Waals surface area contributed by atoms with E-state index in [0.717, 1.165) is 12.1 Å². The number of rotatable bonds is 4. The first-order valence-electron chi connectivity index (χ1n) is 9.37. The van der Waals surface area contributed by atoms with Crippen LogP contribution in [-0.4, -0.2) is 0 Å². The average Bonchev–Trinajstić information content (AvgIpc) is 3.53. The Kier molecular flexibility index (Phi) is 6.98. The van der Waals surface area contributed by atoms with E-state index >= 15 is 0 Å². The Bertz CT molecular complexity index is 1540. The summed E-state index contributed by atoms with van der Waals surface area (Å²) in [4.78, 5) is 11.1.